The Morgan fingerprint density at radius 2 is 1.15 bits per heavy atom. The first-order chi connectivity index (χ1) is 9.48. The highest BCUT2D eigenvalue weighted by Gasteiger charge is 2.22. The molecule has 0 amide bonds. The molecule has 6 heteroatoms. The third-order valence-corrected chi connectivity index (χ3v) is 2.25. The predicted octanol–water partition coefficient (Wildman–Crippen LogP) is 1.27. The molecule has 0 fully saturated rings. The second-order valence-corrected chi connectivity index (χ2v) is 5.22. The topological polar surface area (TPSA) is 63.2 Å². The molecule has 0 radical (unpaired) electrons. The van der Waals surface area contributed by atoms with Crippen LogP contribution in [0.2, 0.25) is 0 Å². The second kappa shape index (κ2) is 12.1. The first-order valence-electron chi connectivity index (χ1n) is 6.88. The minimum atomic E-state index is -0.466. The van der Waals surface area contributed by atoms with Crippen molar-refractivity contribution in [1.29, 1.82) is 0 Å². The van der Waals surface area contributed by atoms with Gasteiger partial charge in [0.1, 0.15) is 6.61 Å². The summed E-state index contributed by atoms with van der Waals surface area (Å²) in [7, 11) is 1.63. The van der Waals surface area contributed by atoms with E-state index in [0.29, 0.717) is 46.2 Å². The maximum atomic E-state index is 11.4. The molecule has 0 heterocycles. The Morgan fingerprint density at radius 3 is 1.55 bits per heavy atom. The Morgan fingerprint density at radius 1 is 0.750 bits per heavy atom. The molecule has 0 unspecified atom stereocenters. The molecule has 0 aliphatic carbocycles. The van der Waals surface area contributed by atoms with E-state index in [9.17, 15) is 4.79 Å². The molecule has 6 nitrogen and oxygen atoms in total. The predicted molar refractivity (Wildman–Crippen MR) is 74.7 cm³/mol. The van der Waals surface area contributed by atoms with E-state index in [-0.39, 0.29) is 12.6 Å². The van der Waals surface area contributed by atoms with Gasteiger partial charge in [-0.1, -0.05) is 0 Å². The van der Waals surface area contributed by atoms with E-state index < -0.39 is 5.41 Å². The van der Waals surface area contributed by atoms with Crippen LogP contribution < -0.4 is 0 Å². The van der Waals surface area contributed by atoms with Gasteiger partial charge in [-0.15, -0.1) is 0 Å². The van der Waals surface area contributed by atoms with Gasteiger partial charge in [-0.25, -0.2) is 0 Å². The lowest BCUT2D eigenvalue weighted by Gasteiger charge is -2.16. The second-order valence-electron chi connectivity index (χ2n) is 5.22. The molecule has 120 valence electrons. The molecule has 0 N–H and O–H groups in total. The van der Waals surface area contributed by atoms with Crippen molar-refractivity contribution in [1.82, 2.24) is 0 Å². The standard InChI is InChI=1S/C14H28O6/c1-14(2,3)13(15)20-12-11-19-10-9-18-8-7-17-6-5-16-4/h5-12H2,1-4H3. The molecule has 0 saturated heterocycles. The third kappa shape index (κ3) is 12.3. The summed E-state index contributed by atoms with van der Waals surface area (Å²) < 4.78 is 25.7. The summed E-state index contributed by atoms with van der Waals surface area (Å²) in [5.74, 6) is -0.217. The highest BCUT2D eigenvalue weighted by atomic mass is 16.6. The van der Waals surface area contributed by atoms with Gasteiger partial charge in [0.15, 0.2) is 0 Å². The summed E-state index contributed by atoms with van der Waals surface area (Å²) >= 11 is 0. The van der Waals surface area contributed by atoms with Crippen molar-refractivity contribution in [2.75, 3.05) is 60.0 Å². The molecule has 0 aromatic heterocycles. The largest absolute Gasteiger partial charge is 0.463 e. The molecule has 0 aliphatic rings. The van der Waals surface area contributed by atoms with Crippen molar-refractivity contribution in [2.45, 2.75) is 20.8 Å². The SMILES string of the molecule is COCCOCCOCCOCCOC(=O)C(C)(C)C. The molecule has 0 bridgehead atoms. The smallest absolute Gasteiger partial charge is 0.311 e. The highest BCUT2D eigenvalue weighted by molar-refractivity contribution is 5.75. The van der Waals surface area contributed by atoms with Crippen molar-refractivity contribution in [3.8, 4) is 0 Å². The zero-order valence-corrected chi connectivity index (χ0v) is 13.1. The van der Waals surface area contributed by atoms with Crippen LogP contribution in [0.5, 0.6) is 0 Å². The molecule has 0 spiro atoms. The van der Waals surface area contributed by atoms with Gasteiger partial charge in [-0.3, -0.25) is 4.79 Å². The Hall–Kier alpha value is -0.690. The minimum Gasteiger partial charge on any atom is -0.463 e. The zero-order chi connectivity index (χ0) is 15.3. The molecule has 0 aromatic carbocycles. The lowest BCUT2D eigenvalue weighted by atomic mass is 9.97. The van der Waals surface area contributed by atoms with E-state index >= 15 is 0 Å². The average molecular weight is 292 g/mol. The fourth-order valence-corrected chi connectivity index (χ4v) is 1.09. The number of hydrogen-bond donors (Lipinski definition) is 0. The van der Waals surface area contributed by atoms with Crippen LogP contribution >= 0.6 is 0 Å². The van der Waals surface area contributed by atoms with Crippen LogP contribution in [-0.2, 0) is 28.5 Å². The van der Waals surface area contributed by atoms with E-state index in [4.69, 9.17) is 23.7 Å². The summed E-state index contributed by atoms with van der Waals surface area (Å²) in [6.07, 6.45) is 0. The number of esters is 1. The third-order valence-electron chi connectivity index (χ3n) is 2.25. The Kier molecular flexibility index (Phi) is 11.7. The van der Waals surface area contributed by atoms with Crippen molar-refractivity contribution < 1.29 is 28.5 Å². The van der Waals surface area contributed by atoms with Crippen LogP contribution in [0.3, 0.4) is 0 Å². The number of rotatable bonds is 12. The molecular weight excluding hydrogens is 264 g/mol. The summed E-state index contributed by atoms with van der Waals surface area (Å²) in [4.78, 5) is 11.4. The van der Waals surface area contributed by atoms with Crippen molar-refractivity contribution in [3.63, 3.8) is 0 Å². The molecule has 20 heavy (non-hydrogen) atoms. The minimum absolute atomic E-state index is 0.217. The maximum absolute atomic E-state index is 11.4. The van der Waals surface area contributed by atoms with Crippen LogP contribution in [0.1, 0.15) is 20.8 Å². The molecule has 0 atom stereocenters. The quantitative estimate of drug-likeness (QED) is 0.399. The van der Waals surface area contributed by atoms with E-state index in [2.05, 4.69) is 0 Å². The van der Waals surface area contributed by atoms with E-state index in [1.165, 1.54) is 0 Å². The number of methoxy groups -OCH3 is 1. The van der Waals surface area contributed by atoms with Gasteiger partial charge in [0, 0.05) is 7.11 Å². The monoisotopic (exact) mass is 292 g/mol. The van der Waals surface area contributed by atoms with E-state index in [1.807, 2.05) is 20.8 Å². The lowest BCUT2D eigenvalue weighted by molar-refractivity contribution is -0.154. The summed E-state index contributed by atoms with van der Waals surface area (Å²) in [6, 6.07) is 0. The normalized spacial score (nSPS) is 11.6. The van der Waals surface area contributed by atoms with Crippen molar-refractivity contribution in [3.05, 3.63) is 0 Å². The first kappa shape index (κ1) is 19.3. The van der Waals surface area contributed by atoms with E-state index in [1.54, 1.807) is 7.11 Å². The summed E-state index contributed by atoms with van der Waals surface area (Å²) in [5, 5.41) is 0. The van der Waals surface area contributed by atoms with Crippen LogP contribution in [-0.4, -0.2) is 65.9 Å². The van der Waals surface area contributed by atoms with Crippen molar-refractivity contribution in [2.24, 2.45) is 5.41 Å². The first-order valence-corrected chi connectivity index (χ1v) is 6.88. The van der Waals surface area contributed by atoms with Gasteiger partial charge < -0.3 is 23.7 Å². The fraction of sp³-hybridized carbons (Fsp3) is 0.929. The van der Waals surface area contributed by atoms with Crippen LogP contribution in [0, 0.1) is 5.41 Å². The zero-order valence-electron chi connectivity index (χ0n) is 13.1. The van der Waals surface area contributed by atoms with Crippen LogP contribution in [0.4, 0.5) is 0 Å². The number of carbonyl (C=O) groups excluding carboxylic acids is 1. The molecule has 0 rings (SSSR count). The van der Waals surface area contributed by atoms with Crippen LogP contribution in [0.25, 0.3) is 0 Å². The molecule has 0 aliphatic heterocycles. The Labute approximate surface area is 121 Å². The lowest BCUT2D eigenvalue weighted by Crippen LogP contribution is -2.24. The van der Waals surface area contributed by atoms with Crippen molar-refractivity contribution >= 4 is 5.97 Å². The van der Waals surface area contributed by atoms with Gasteiger partial charge in [0.25, 0.3) is 0 Å². The Balaban J connectivity index is 3.16. The average Bonchev–Trinajstić information content (AvgIpc) is 2.38. The summed E-state index contributed by atoms with van der Waals surface area (Å²) in [5.41, 5.74) is -0.466. The van der Waals surface area contributed by atoms with Gasteiger partial charge >= 0.3 is 5.97 Å². The summed E-state index contributed by atoms with van der Waals surface area (Å²) in [6.45, 7) is 9.35. The van der Waals surface area contributed by atoms with Gasteiger partial charge in [0.05, 0.1) is 51.7 Å². The highest BCUT2D eigenvalue weighted by Crippen LogP contribution is 2.14. The van der Waals surface area contributed by atoms with Crippen LogP contribution in [0.15, 0.2) is 0 Å². The number of ether oxygens (including phenoxy) is 5. The van der Waals surface area contributed by atoms with Gasteiger partial charge in [0.2, 0.25) is 0 Å². The Bertz CT molecular complexity index is 236. The fourth-order valence-electron chi connectivity index (χ4n) is 1.09. The van der Waals surface area contributed by atoms with Gasteiger partial charge in [-0.2, -0.15) is 0 Å². The number of carbonyl (C=O) groups is 1. The molecule has 0 saturated carbocycles. The molecular formula is C14H28O6. The maximum Gasteiger partial charge on any atom is 0.311 e. The van der Waals surface area contributed by atoms with E-state index in [0.717, 1.165) is 0 Å². The van der Waals surface area contributed by atoms with Gasteiger partial charge in [-0.05, 0) is 20.8 Å². The number of hydrogen-bond acceptors (Lipinski definition) is 6. The molecule has 0 aromatic rings.